The molecule has 1 aliphatic heterocycles. The lowest BCUT2D eigenvalue weighted by molar-refractivity contribution is 0.0746. The molecule has 0 spiro atoms. The first-order valence-electron chi connectivity index (χ1n) is 10.2. The van der Waals surface area contributed by atoms with Crippen molar-refractivity contribution in [2.24, 2.45) is 0 Å². The molecule has 0 bridgehead atoms. The number of piperazine rings is 1. The van der Waals surface area contributed by atoms with E-state index in [-0.39, 0.29) is 12.0 Å². The van der Waals surface area contributed by atoms with Gasteiger partial charge in [-0.05, 0) is 44.5 Å². The van der Waals surface area contributed by atoms with E-state index in [1.807, 2.05) is 32.0 Å². The average Bonchev–Trinajstić information content (AvgIpc) is 3.20. The maximum absolute atomic E-state index is 12.6. The number of fused-ring (bicyclic) bond motifs is 3. The number of likely N-dealkylation sites (N-methyl/N-ethyl adjacent to an activating group) is 1. The van der Waals surface area contributed by atoms with Gasteiger partial charge in [0.05, 0.1) is 18.2 Å². The van der Waals surface area contributed by atoms with Gasteiger partial charge in [0, 0.05) is 53.8 Å². The van der Waals surface area contributed by atoms with Crippen molar-refractivity contribution in [2.45, 2.75) is 20.0 Å². The summed E-state index contributed by atoms with van der Waals surface area (Å²) in [7, 11) is 2.16. The van der Waals surface area contributed by atoms with Gasteiger partial charge in [-0.25, -0.2) is 4.98 Å². The summed E-state index contributed by atoms with van der Waals surface area (Å²) >= 11 is 1.74. The second-order valence-electron chi connectivity index (χ2n) is 7.80. The Kier molecular flexibility index (Phi) is 5.99. The van der Waals surface area contributed by atoms with E-state index in [9.17, 15) is 4.79 Å². The van der Waals surface area contributed by atoms with E-state index in [4.69, 9.17) is 9.72 Å². The first-order valence-corrected chi connectivity index (χ1v) is 11.0. The molecular formula is C22H28N4O2S. The van der Waals surface area contributed by atoms with Crippen LogP contribution in [0.1, 0.15) is 24.2 Å². The van der Waals surface area contributed by atoms with Crippen molar-refractivity contribution >= 4 is 44.1 Å². The molecule has 0 radical (unpaired) electrons. The van der Waals surface area contributed by atoms with Crippen molar-refractivity contribution in [1.29, 1.82) is 0 Å². The summed E-state index contributed by atoms with van der Waals surface area (Å²) < 4.78 is 6.73. The number of ether oxygens (including phenoxy) is 1. The highest BCUT2D eigenvalue weighted by molar-refractivity contribution is 7.18. The summed E-state index contributed by atoms with van der Waals surface area (Å²) in [6, 6.07) is 7.98. The van der Waals surface area contributed by atoms with Crippen LogP contribution < -0.4 is 10.2 Å². The van der Waals surface area contributed by atoms with Crippen LogP contribution in [-0.4, -0.2) is 68.3 Å². The largest absolute Gasteiger partial charge is 0.377 e. The van der Waals surface area contributed by atoms with E-state index < -0.39 is 0 Å². The number of hydrogen-bond acceptors (Lipinski definition) is 6. The van der Waals surface area contributed by atoms with Crippen LogP contribution in [0.3, 0.4) is 0 Å². The van der Waals surface area contributed by atoms with Gasteiger partial charge in [-0.15, -0.1) is 11.3 Å². The molecule has 6 nitrogen and oxygen atoms in total. The third-order valence-corrected chi connectivity index (χ3v) is 6.23. The molecule has 1 aromatic carbocycles. The zero-order valence-electron chi connectivity index (χ0n) is 17.3. The van der Waals surface area contributed by atoms with Gasteiger partial charge in [-0.3, -0.25) is 4.79 Å². The number of hydrogen-bond donors (Lipinski definition) is 1. The lowest BCUT2D eigenvalue weighted by Crippen LogP contribution is -2.44. The second kappa shape index (κ2) is 8.65. The molecule has 1 fully saturated rings. The zero-order chi connectivity index (χ0) is 20.4. The van der Waals surface area contributed by atoms with E-state index in [0.29, 0.717) is 18.7 Å². The van der Waals surface area contributed by atoms with Gasteiger partial charge < -0.3 is 19.9 Å². The van der Waals surface area contributed by atoms with E-state index >= 15 is 0 Å². The van der Waals surface area contributed by atoms with Crippen molar-refractivity contribution in [3.05, 3.63) is 35.2 Å². The Balaban J connectivity index is 1.62. The molecule has 1 N–H and O–H groups in total. The number of aromatic nitrogens is 1. The fourth-order valence-corrected chi connectivity index (χ4v) is 4.57. The summed E-state index contributed by atoms with van der Waals surface area (Å²) in [5.74, 6) is 0.943. The molecule has 1 amide bonds. The SMILES string of the molecule is CC(C)OCCNC(=O)c1ccc2c(c1)nc(N1CCN(C)CC1)c1ccsc12. The van der Waals surface area contributed by atoms with Gasteiger partial charge in [0.2, 0.25) is 0 Å². The summed E-state index contributed by atoms with van der Waals surface area (Å²) in [5.41, 5.74) is 1.51. The van der Waals surface area contributed by atoms with Crippen LogP contribution in [0.5, 0.6) is 0 Å². The van der Waals surface area contributed by atoms with Crippen LogP contribution >= 0.6 is 11.3 Å². The molecule has 3 heterocycles. The molecule has 0 saturated carbocycles. The molecule has 2 aromatic heterocycles. The number of amides is 1. The maximum Gasteiger partial charge on any atom is 0.251 e. The second-order valence-corrected chi connectivity index (χ2v) is 8.71. The van der Waals surface area contributed by atoms with Crippen molar-refractivity contribution in [3.63, 3.8) is 0 Å². The topological polar surface area (TPSA) is 57.7 Å². The van der Waals surface area contributed by atoms with Gasteiger partial charge in [-0.1, -0.05) is 6.07 Å². The lowest BCUT2D eigenvalue weighted by atomic mass is 10.1. The van der Waals surface area contributed by atoms with Crippen LogP contribution in [0.2, 0.25) is 0 Å². The first kappa shape index (κ1) is 20.1. The molecular weight excluding hydrogens is 384 g/mol. The number of anilines is 1. The molecule has 29 heavy (non-hydrogen) atoms. The number of carbonyl (C=O) groups is 1. The number of nitrogens with one attached hydrogen (secondary N) is 1. The van der Waals surface area contributed by atoms with E-state index in [0.717, 1.165) is 42.9 Å². The van der Waals surface area contributed by atoms with Gasteiger partial charge in [0.1, 0.15) is 5.82 Å². The molecule has 7 heteroatoms. The monoisotopic (exact) mass is 412 g/mol. The minimum Gasteiger partial charge on any atom is -0.377 e. The summed E-state index contributed by atoms with van der Waals surface area (Å²) in [4.78, 5) is 22.3. The Morgan fingerprint density at radius 3 is 2.76 bits per heavy atom. The standard InChI is InChI=1S/C22H28N4O2S/c1-15(2)28-12-7-23-22(27)16-4-5-17-19(14-16)24-21(18-6-13-29-20(17)18)26-10-8-25(3)9-11-26/h4-6,13-15H,7-12H2,1-3H3,(H,23,27). The highest BCUT2D eigenvalue weighted by Crippen LogP contribution is 2.35. The van der Waals surface area contributed by atoms with Crippen molar-refractivity contribution < 1.29 is 9.53 Å². The van der Waals surface area contributed by atoms with Crippen molar-refractivity contribution in [2.75, 3.05) is 51.3 Å². The van der Waals surface area contributed by atoms with Gasteiger partial charge in [0.15, 0.2) is 0 Å². The fourth-order valence-electron chi connectivity index (χ4n) is 3.65. The minimum absolute atomic E-state index is 0.0894. The molecule has 4 rings (SSSR count). The molecule has 0 aliphatic carbocycles. The third-order valence-electron chi connectivity index (χ3n) is 5.28. The average molecular weight is 413 g/mol. The smallest absolute Gasteiger partial charge is 0.251 e. The predicted octanol–water partition coefficient (Wildman–Crippen LogP) is 3.36. The number of nitrogens with zero attached hydrogens (tertiary/aromatic N) is 3. The quantitative estimate of drug-likeness (QED) is 0.629. The highest BCUT2D eigenvalue weighted by Gasteiger charge is 2.20. The molecule has 0 unspecified atom stereocenters. The minimum atomic E-state index is -0.0894. The van der Waals surface area contributed by atoms with E-state index in [1.165, 1.54) is 10.1 Å². The van der Waals surface area contributed by atoms with Crippen LogP contribution in [0.25, 0.3) is 21.0 Å². The molecule has 154 valence electrons. The molecule has 1 saturated heterocycles. The van der Waals surface area contributed by atoms with E-state index in [2.05, 4.69) is 33.6 Å². The highest BCUT2D eigenvalue weighted by atomic mass is 32.1. The number of rotatable bonds is 6. The van der Waals surface area contributed by atoms with E-state index in [1.54, 1.807) is 11.3 Å². The van der Waals surface area contributed by atoms with Crippen LogP contribution in [0.4, 0.5) is 5.82 Å². The Labute approximate surface area is 175 Å². The normalized spacial score (nSPS) is 15.5. The number of thiophene rings is 1. The summed E-state index contributed by atoms with van der Waals surface area (Å²) in [6.07, 6.45) is 0.165. The Morgan fingerprint density at radius 1 is 1.21 bits per heavy atom. The number of benzene rings is 1. The van der Waals surface area contributed by atoms with Crippen LogP contribution in [-0.2, 0) is 4.74 Å². The molecule has 0 atom stereocenters. The first-order chi connectivity index (χ1) is 14.0. The number of carbonyl (C=O) groups excluding carboxylic acids is 1. The third kappa shape index (κ3) is 4.37. The Morgan fingerprint density at radius 2 is 2.00 bits per heavy atom. The molecule has 3 aromatic rings. The van der Waals surface area contributed by atoms with Gasteiger partial charge in [0.25, 0.3) is 5.91 Å². The Hall–Kier alpha value is -2.22. The predicted molar refractivity (Wildman–Crippen MR) is 120 cm³/mol. The van der Waals surface area contributed by atoms with Crippen LogP contribution in [0.15, 0.2) is 29.6 Å². The van der Waals surface area contributed by atoms with Crippen molar-refractivity contribution in [1.82, 2.24) is 15.2 Å². The molecule has 1 aliphatic rings. The number of pyridine rings is 1. The Bertz CT molecular complexity index is 1010. The fraction of sp³-hybridized carbons (Fsp3) is 0.455. The van der Waals surface area contributed by atoms with Gasteiger partial charge in [-0.2, -0.15) is 0 Å². The van der Waals surface area contributed by atoms with Crippen LogP contribution in [0, 0.1) is 0 Å². The lowest BCUT2D eigenvalue weighted by Gasteiger charge is -2.33. The summed E-state index contributed by atoms with van der Waals surface area (Å²) in [6.45, 7) is 8.99. The van der Waals surface area contributed by atoms with Gasteiger partial charge >= 0.3 is 0 Å². The zero-order valence-corrected chi connectivity index (χ0v) is 18.1. The summed E-state index contributed by atoms with van der Waals surface area (Å²) in [5, 5.41) is 7.36. The maximum atomic E-state index is 12.6. The van der Waals surface area contributed by atoms with Crippen molar-refractivity contribution in [3.8, 4) is 0 Å².